The second kappa shape index (κ2) is 9.20. The number of benzene rings is 1. The fraction of sp³-hybridized carbons (Fsp3) is 0.640. The Morgan fingerprint density at radius 2 is 1.74 bits per heavy atom. The first-order valence-electron chi connectivity index (χ1n) is 12.7. The maximum Gasteiger partial charge on any atom is 0.243 e. The molecule has 4 aliphatic rings. The third-order valence-electron chi connectivity index (χ3n) is 7.73. The Morgan fingerprint density at radius 3 is 2.40 bits per heavy atom. The van der Waals surface area contributed by atoms with Crippen LogP contribution in [0.5, 0.6) is 5.75 Å². The predicted octanol–water partition coefficient (Wildman–Crippen LogP) is 2.01. The van der Waals surface area contributed by atoms with E-state index in [9.17, 15) is 22.8 Å². The van der Waals surface area contributed by atoms with Crippen molar-refractivity contribution >= 4 is 27.7 Å². The van der Waals surface area contributed by atoms with Gasteiger partial charge in [-0.25, -0.2) is 8.42 Å². The van der Waals surface area contributed by atoms with Gasteiger partial charge in [-0.2, -0.15) is 4.31 Å². The molecule has 35 heavy (non-hydrogen) atoms. The van der Waals surface area contributed by atoms with Crippen LogP contribution in [0.1, 0.15) is 52.4 Å². The van der Waals surface area contributed by atoms with Crippen molar-refractivity contribution in [3.63, 3.8) is 0 Å². The van der Waals surface area contributed by atoms with E-state index < -0.39 is 28.0 Å². The molecule has 0 bridgehead atoms. The van der Waals surface area contributed by atoms with Crippen LogP contribution in [-0.2, 0) is 24.4 Å². The summed E-state index contributed by atoms with van der Waals surface area (Å²) in [6, 6.07) is 4.81. The normalized spacial score (nSPS) is 29.0. The summed E-state index contributed by atoms with van der Waals surface area (Å²) in [4.78, 5) is 42.6. The topological polar surface area (TPSA) is 104 Å². The quantitative estimate of drug-likeness (QED) is 0.528. The molecule has 1 saturated carbocycles. The molecule has 1 aliphatic carbocycles. The Kier molecular flexibility index (Phi) is 6.37. The fourth-order valence-electron chi connectivity index (χ4n) is 5.80. The number of carbonyl (C=O) groups is 3. The molecule has 3 heterocycles. The summed E-state index contributed by atoms with van der Waals surface area (Å²) >= 11 is 0. The zero-order valence-electron chi connectivity index (χ0n) is 20.3. The SMILES string of the molecule is CCCOc1ccc(S(=O)(=O)N2CCC[C@H]2C(=O)N2CC[C@H]3[C@H]2[C@H](C)C(=O)N3C(=O)C2CC2)cc1. The van der Waals surface area contributed by atoms with Crippen LogP contribution < -0.4 is 4.74 Å². The number of imide groups is 1. The Hall–Kier alpha value is -2.46. The molecule has 0 N–H and O–H groups in total. The maximum absolute atomic E-state index is 13.7. The van der Waals surface area contributed by atoms with Gasteiger partial charge < -0.3 is 9.64 Å². The van der Waals surface area contributed by atoms with Gasteiger partial charge >= 0.3 is 0 Å². The molecule has 190 valence electrons. The van der Waals surface area contributed by atoms with E-state index in [0.29, 0.717) is 38.2 Å². The first-order valence-corrected chi connectivity index (χ1v) is 14.1. The fourth-order valence-corrected chi connectivity index (χ4v) is 7.45. The van der Waals surface area contributed by atoms with Gasteiger partial charge in [0.1, 0.15) is 11.8 Å². The number of hydrogen-bond donors (Lipinski definition) is 0. The van der Waals surface area contributed by atoms with Crippen molar-refractivity contribution in [1.29, 1.82) is 0 Å². The number of likely N-dealkylation sites (tertiary alicyclic amines) is 2. The van der Waals surface area contributed by atoms with Gasteiger partial charge in [-0.05, 0) is 62.8 Å². The molecule has 5 rings (SSSR count). The zero-order valence-corrected chi connectivity index (χ0v) is 21.1. The van der Waals surface area contributed by atoms with Crippen molar-refractivity contribution in [2.45, 2.75) is 75.4 Å². The lowest BCUT2D eigenvalue weighted by molar-refractivity contribution is -0.146. The van der Waals surface area contributed by atoms with Crippen LogP contribution in [0.3, 0.4) is 0 Å². The van der Waals surface area contributed by atoms with E-state index in [1.807, 2.05) is 6.92 Å². The third kappa shape index (κ3) is 4.14. The molecule has 9 nitrogen and oxygen atoms in total. The average Bonchev–Trinajstić information content (AvgIpc) is 3.32. The first kappa shape index (κ1) is 24.2. The molecule has 1 aromatic carbocycles. The Morgan fingerprint density at radius 1 is 1.03 bits per heavy atom. The Labute approximate surface area is 206 Å². The number of hydrogen-bond acceptors (Lipinski definition) is 6. The van der Waals surface area contributed by atoms with E-state index in [1.165, 1.54) is 21.3 Å². The minimum atomic E-state index is -3.87. The number of carbonyl (C=O) groups excluding carboxylic acids is 3. The summed E-state index contributed by atoms with van der Waals surface area (Å²) in [7, 11) is -3.87. The molecule has 0 aromatic heterocycles. The Bertz CT molecular complexity index is 1120. The molecule has 10 heteroatoms. The van der Waals surface area contributed by atoms with E-state index in [2.05, 4.69) is 0 Å². The summed E-state index contributed by atoms with van der Waals surface area (Å²) in [5, 5.41) is 0. The number of ether oxygens (including phenoxy) is 1. The van der Waals surface area contributed by atoms with Crippen molar-refractivity contribution in [1.82, 2.24) is 14.1 Å². The van der Waals surface area contributed by atoms with Gasteiger partial charge in [-0.1, -0.05) is 13.8 Å². The lowest BCUT2D eigenvalue weighted by Crippen LogP contribution is -2.51. The Balaban J connectivity index is 1.34. The van der Waals surface area contributed by atoms with Gasteiger partial charge in [0.2, 0.25) is 27.7 Å². The minimum absolute atomic E-state index is 0.0659. The molecule has 0 unspecified atom stereocenters. The van der Waals surface area contributed by atoms with Gasteiger partial charge in [-0.15, -0.1) is 0 Å². The van der Waals surface area contributed by atoms with Crippen LogP contribution in [0.15, 0.2) is 29.2 Å². The van der Waals surface area contributed by atoms with E-state index in [-0.39, 0.29) is 41.1 Å². The average molecular weight is 504 g/mol. The molecule has 4 fully saturated rings. The molecule has 0 radical (unpaired) electrons. The van der Waals surface area contributed by atoms with Crippen LogP contribution in [0.2, 0.25) is 0 Å². The van der Waals surface area contributed by atoms with Crippen LogP contribution in [0, 0.1) is 11.8 Å². The van der Waals surface area contributed by atoms with Crippen molar-refractivity contribution in [3.8, 4) is 5.75 Å². The minimum Gasteiger partial charge on any atom is -0.494 e. The summed E-state index contributed by atoms with van der Waals surface area (Å²) in [5.41, 5.74) is 0. The van der Waals surface area contributed by atoms with E-state index in [0.717, 1.165) is 19.3 Å². The molecule has 1 aromatic rings. The van der Waals surface area contributed by atoms with Gasteiger partial charge in [0, 0.05) is 19.0 Å². The predicted molar refractivity (Wildman–Crippen MR) is 127 cm³/mol. The highest BCUT2D eigenvalue weighted by Crippen LogP contribution is 2.41. The highest BCUT2D eigenvalue weighted by Gasteiger charge is 2.57. The van der Waals surface area contributed by atoms with Crippen LogP contribution in [0.25, 0.3) is 0 Å². The number of rotatable bonds is 7. The summed E-state index contributed by atoms with van der Waals surface area (Å²) in [6.45, 7) is 5.02. The maximum atomic E-state index is 13.7. The molecule has 3 saturated heterocycles. The molecular formula is C25H33N3O6S. The zero-order chi connectivity index (χ0) is 24.9. The monoisotopic (exact) mass is 503 g/mol. The molecular weight excluding hydrogens is 470 g/mol. The van der Waals surface area contributed by atoms with Gasteiger partial charge in [-0.3, -0.25) is 19.3 Å². The summed E-state index contributed by atoms with van der Waals surface area (Å²) < 4.78 is 33.8. The smallest absolute Gasteiger partial charge is 0.243 e. The van der Waals surface area contributed by atoms with Crippen LogP contribution in [-0.4, -0.2) is 78.1 Å². The van der Waals surface area contributed by atoms with Gasteiger partial charge in [0.25, 0.3) is 0 Å². The van der Waals surface area contributed by atoms with E-state index >= 15 is 0 Å². The van der Waals surface area contributed by atoms with Crippen molar-refractivity contribution in [2.24, 2.45) is 11.8 Å². The molecule has 3 aliphatic heterocycles. The van der Waals surface area contributed by atoms with Gasteiger partial charge in [0.05, 0.1) is 29.5 Å². The number of amides is 3. The standard InChI is InChI=1S/C25H33N3O6S/c1-3-15-34-18-8-10-19(11-9-18)35(32,33)27-13-4-5-21(27)25(31)26-14-12-20-22(26)16(2)23(29)28(20)24(30)17-6-7-17/h8-11,16-17,20-22H,3-7,12-15H2,1-2H3/t16-,20-,21-,22+/m0/s1. The second-order valence-corrected chi connectivity index (χ2v) is 12.0. The lowest BCUT2D eigenvalue weighted by Gasteiger charge is -2.31. The van der Waals surface area contributed by atoms with Gasteiger partial charge in [0.15, 0.2) is 0 Å². The largest absolute Gasteiger partial charge is 0.494 e. The van der Waals surface area contributed by atoms with Crippen molar-refractivity contribution in [2.75, 3.05) is 19.7 Å². The van der Waals surface area contributed by atoms with Crippen LogP contribution in [0.4, 0.5) is 0 Å². The third-order valence-corrected chi connectivity index (χ3v) is 9.65. The van der Waals surface area contributed by atoms with Crippen LogP contribution >= 0.6 is 0 Å². The van der Waals surface area contributed by atoms with Crippen molar-refractivity contribution < 1.29 is 27.5 Å². The second-order valence-electron chi connectivity index (χ2n) is 10.1. The molecule has 4 atom stereocenters. The molecule has 3 amide bonds. The van der Waals surface area contributed by atoms with Crippen molar-refractivity contribution in [3.05, 3.63) is 24.3 Å². The van der Waals surface area contributed by atoms with E-state index in [4.69, 9.17) is 4.74 Å². The first-order chi connectivity index (χ1) is 16.8. The number of fused-ring (bicyclic) bond motifs is 1. The summed E-state index contributed by atoms with van der Waals surface area (Å²) in [6.07, 6.45) is 4.07. The summed E-state index contributed by atoms with van der Waals surface area (Å²) in [5.74, 6) is -0.522. The lowest BCUT2D eigenvalue weighted by atomic mass is 10.0. The number of sulfonamides is 1. The highest BCUT2D eigenvalue weighted by atomic mass is 32.2. The molecule has 0 spiro atoms. The highest BCUT2D eigenvalue weighted by molar-refractivity contribution is 7.89. The number of nitrogens with zero attached hydrogens (tertiary/aromatic N) is 3. The van der Waals surface area contributed by atoms with E-state index in [1.54, 1.807) is 24.0 Å².